The van der Waals surface area contributed by atoms with Gasteiger partial charge in [0, 0.05) is 26.0 Å². The van der Waals surface area contributed by atoms with Gasteiger partial charge in [-0.25, -0.2) is 0 Å². The minimum absolute atomic E-state index is 1.03. The Hall–Kier alpha value is -2.25. The molecule has 0 aliphatic carbocycles. The Kier molecular flexibility index (Phi) is 3.36. The van der Waals surface area contributed by atoms with Gasteiger partial charge in [0.1, 0.15) is 0 Å². The summed E-state index contributed by atoms with van der Waals surface area (Å²) in [5, 5.41) is 2.49. The van der Waals surface area contributed by atoms with Crippen molar-refractivity contribution in [3.63, 3.8) is 0 Å². The van der Waals surface area contributed by atoms with Crippen molar-refractivity contribution < 1.29 is 0 Å². The van der Waals surface area contributed by atoms with E-state index in [1.54, 1.807) is 0 Å². The second-order valence-corrected chi connectivity index (χ2v) is 6.36. The van der Waals surface area contributed by atoms with Crippen LogP contribution in [0.5, 0.6) is 0 Å². The molecule has 4 rings (SSSR count). The fourth-order valence-corrected chi connectivity index (χ4v) is 3.06. The molecule has 2 heteroatoms. The first-order valence-electron chi connectivity index (χ1n) is 7.09. The highest BCUT2D eigenvalue weighted by molar-refractivity contribution is 14.1. The average Bonchev–Trinajstić information content (AvgIpc) is 2.89. The molecule has 0 fully saturated rings. The molecule has 0 bridgehead atoms. The molecular weight excluding hydrogens is 381 g/mol. The highest BCUT2D eigenvalue weighted by Crippen LogP contribution is 2.27. The Bertz CT molecular complexity index is 977. The number of para-hydroxylation sites is 2. The molecule has 0 radical (unpaired) electrons. The van der Waals surface area contributed by atoms with Crippen LogP contribution < -0.4 is 0 Å². The summed E-state index contributed by atoms with van der Waals surface area (Å²) in [6, 6.07) is 28.4. The van der Waals surface area contributed by atoms with Crippen LogP contribution in [0, 0.1) is 15.5 Å². The van der Waals surface area contributed by atoms with Crippen LogP contribution in [-0.2, 0) is 0 Å². The number of aromatic nitrogens is 1. The molecule has 0 N–H and O–H groups in total. The summed E-state index contributed by atoms with van der Waals surface area (Å²) in [7, 11) is 0. The first-order chi connectivity index (χ1) is 10.8. The molecule has 4 aromatic rings. The largest absolute Gasteiger partial charge is 0.268 e. The van der Waals surface area contributed by atoms with Crippen molar-refractivity contribution in [1.29, 1.82) is 0 Å². The van der Waals surface area contributed by atoms with E-state index in [2.05, 4.69) is 112 Å². The second-order valence-electron chi connectivity index (χ2n) is 5.11. The van der Waals surface area contributed by atoms with Gasteiger partial charge in [0.15, 0.2) is 0 Å². The van der Waals surface area contributed by atoms with Crippen molar-refractivity contribution in [3.05, 3.63) is 81.9 Å². The van der Waals surface area contributed by atoms with Gasteiger partial charge in [0.2, 0.25) is 0 Å². The third kappa shape index (κ3) is 2.28. The van der Waals surface area contributed by atoms with Crippen molar-refractivity contribution in [2.75, 3.05) is 0 Å². The molecule has 1 nitrogen and oxygen atoms in total. The zero-order chi connectivity index (χ0) is 14.9. The van der Waals surface area contributed by atoms with Gasteiger partial charge in [-0.3, -0.25) is 4.57 Å². The Morgan fingerprint density at radius 3 is 1.82 bits per heavy atom. The quantitative estimate of drug-likeness (QED) is 0.284. The minimum Gasteiger partial charge on any atom is -0.268 e. The smallest absolute Gasteiger partial charge is 0.0625 e. The number of hydrogen-bond donors (Lipinski definition) is 0. The molecule has 0 aliphatic rings. The van der Waals surface area contributed by atoms with Crippen molar-refractivity contribution in [3.8, 4) is 12.0 Å². The Labute approximate surface area is 142 Å². The van der Waals surface area contributed by atoms with E-state index in [9.17, 15) is 0 Å². The molecule has 0 saturated heterocycles. The van der Waals surface area contributed by atoms with Crippen LogP contribution in [0.25, 0.3) is 21.8 Å². The van der Waals surface area contributed by atoms with Crippen LogP contribution in [-0.4, -0.2) is 4.57 Å². The summed E-state index contributed by atoms with van der Waals surface area (Å²) in [6.07, 6.45) is 0. The van der Waals surface area contributed by atoms with Crippen LogP contribution in [0.1, 0.15) is 5.56 Å². The maximum Gasteiger partial charge on any atom is 0.0625 e. The summed E-state index contributed by atoms with van der Waals surface area (Å²) < 4.78 is 3.31. The minimum atomic E-state index is 1.03. The Balaban J connectivity index is 1.96. The fraction of sp³-hybridized carbons (Fsp3) is 0. The van der Waals surface area contributed by atoms with E-state index in [4.69, 9.17) is 0 Å². The molecule has 22 heavy (non-hydrogen) atoms. The van der Waals surface area contributed by atoms with Crippen molar-refractivity contribution in [1.82, 2.24) is 4.57 Å². The normalized spacial score (nSPS) is 10.6. The molecule has 0 unspecified atom stereocenters. The van der Waals surface area contributed by atoms with Gasteiger partial charge in [0.05, 0.1) is 11.0 Å². The number of halogens is 1. The van der Waals surface area contributed by atoms with Gasteiger partial charge < -0.3 is 0 Å². The van der Waals surface area contributed by atoms with Gasteiger partial charge in [-0.1, -0.05) is 36.4 Å². The first kappa shape index (κ1) is 13.4. The van der Waals surface area contributed by atoms with Crippen LogP contribution >= 0.6 is 22.6 Å². The highest BCUT2D eigenvalue weighted by atomic mass is 127. The number of fused-ring (bicyclic) bond motifs is 3. The van der Waals surface area contributed by atoms with Crippen LogP contribution in [0.3, 0.4) is 0 Å². The zero-order valence-corrected chi connectivity index (χ0v) is 13.9. The highest BCUT2D eigenvalue weighted by Gasteiger charge is 2.07. The lowest BCUT2D eigenvalue weighted by atomic mass is 10.2. The number of nitrogens with zero attached hydrogens (tertiary/aromatic N) is 1. The number of hydrogen-bond acceptors (Lipinski definition) is 0. The summed E-state index contributed by atoms with van der Waals surface area (Å²) in [6.45, 7) is 0. The van der Waals surface area contributed by atoms with E-state index in [0.717, 1.165) is 16.6 Å². The maximum atomic E-state index is 3.31. The predicted molar refractivity (Wildman–Crippen MR) is 101 cm³/mol. The summed E-state index contributed by atoms with van der Waals surface area (Å²) in [5.41, 5.74) is 3.34. The fourth-order valence-electron chi connectivity index (χ4n) is 2.70. The van der Waals surface area contributed by atoms with E-state index in [1.165, 1.54) is 14.3 Å². The molecule has 0 saturated carbocycles. The lowest BCUT2D eigenvalue weighted by Gasteiger charge is -1.96. The van der Waals surface area contributed by atoms with Gasteiger partial charge >= 0.3 is 0 Å². The number of rotatable bonds is 0. The van der Waals surface area contributed by atoms with Gasteiger partial charge in [-0.15, -0.1) is 0 Å². The molecule has 3 aromatic carbocycles. The number of benzene rings is 3. The lowest BCUT2D eigenvalue weighted by molar-refractivity contribution is 1.26. The SMILES string of the molecule is Ic1ccc(C#Cn2c3ccccc3c3ccccc32)cc1. The molecule has 0 spiro atoms. The summed E-state index contributed by atoms with van der Waals surface area (Å²) >= 11 is 2.30. The Morgan fingerprint density at radius 2 is 1.23 bits per heavy atom. The predicted octanol–water partition coefficient (Wildman–Crippen LogP) is 5.26. The van der Waals surface area contributed by atoms with Crippen molar-refractivity contribution >= 4 is 44.4 Å². The van der Waals surface area contributed by atoms with E-state index >= 15 is 0 Å². The molecule has 104 valence electrons. The molecule has 1 aromatic heterocycles. The summed E-state index contributed by atoms with van der Waals surface area (Å²) in [4.78, 5) is 0. The van der Waals surface area contributed by atoms with Gasteiger partial charge in [-0.05, 0) is 64.9 Å². The van der Waals surface area contributed by atoms with E-state index in [0.29, 0.717) is 0 Å². The monoisotopic (exact) mass is 393 g/mol. The lowest BCUT2D eigenvalue weighted by Crippen LogP contribution is -1.88. The van der Waals surface area contributed by atoms with Crippen LogP contribution in [0.15, 0.2) is 72.8 Å². The third-order valence-corrected chi connectivity index (χ3v) is 4.46. The van der Waals surface area contributed by atoms with Gasteiger partial charge in [-0.2, -0.15) is 0 Å². The summed E-state index contributed by atoms with van der Waals surface area (Å²) in [5.74, 6) is 3.27. The molecule has 0 amide bonds. The first-order valence-corrected chi connectivity index (χ1v) is 8.16. The van der Waals surface area contributed by atoms with Crippen LogP contribution in [0.2, 0.25) is 0 Å². The van der Waals surface area contributed by atoms with E-state index in [1.807, 2.05) is 0 Å². The Morgan fingerprint density at radius 1 is 0.682 bits per heavy atom. The molecule has 0 atom stereocenters. The molecule has 0 aliphatic heterocycles. The van der Waals surface area contributed by atoms with Crippen molar-refractivity contribution in [2.45, 2.75) is 0 Å². The molecular formula is C20H12IN. The topological polar surface area (TPSA) is 4.93 Å². The second kappa shape index (κ2) is 5.51. The average molecular weight is 393 g/mol. The maximum absolute atomic E-state index is 3.31. The van der Waals surface area contributed by atoms with Crippen LogP contribution in [0.4, 0.5) is 0 Å². The van der Waals surface area contributed by atoms with E-state index < -0.39 is 0 Å². The standard InChI is InChI=1S/C20H12IN/c21-16-11-9-15(10-12-16)13-14-22-19-7-3-1-5-17(19)18-6-2-4-8-20(18)22/h1-12H. The zero-order valence-electron chi connectivity index (χ0n) is 11.8. The van der Waals surface area contributed by atoms with Crippen molar-refractivity contribution in [2.24, 2.45) is 0 Å². The van der Waals surface area contributed by atoms with E-state index in [-0.39, 0.29) is 0 Å². The molecule has 1 heterocycles. The van der Waals surface area contributed by atoms with Gasteiger partial charge in [0.25, 0.3) is 0 Å². The third-order valence-electron chi connectivity index (χ3n) is 3.74.